The molecule has 0 radical (unpaired) electrons. The largest absolute Gasteiger partial charge is 0.337 e. The minimum absolute atomic E-state index is 0.0380. The SMILES string of the molecule is Cc1cccc(NC(=O)Cn2cc(/C=C3\C(=O)NC(=S)N(c4ccccc4C)C3=O)c3ccccc32)c1. The van der Waals surface area contributed by atoms with Crippen LogP contribution in [-0.4, -0.2) is 27.4 Å². The van der Waals surface area contributed by atoms with E-state index < -0.39 is 11.8 Å². The first-order valence-electron chi connectivity index (χ1n) is 11.7. The summed E-state index contributed by atoms with van der Waals surface area (Å²) in [5.74, 6) is -1.25. The fourth-order valence-electron chi connectivity index (χ4n) is 4.45. The Morgan fingerprint density at radius 1 is 1.00 bits per heavy atom. The highest BCUT2D eigenvalue weighted by molar-refractivity contribution is 7.80. The van der Waals surface area contributed by atoms with E-state index in [0.29, 0.717) is 11.3 Å². The summed E-state index contributed by atoms with van der Waals surface area (Å²) in [5.41, 5.74) is 4.65. The van der Waals surface area contributed by atoms with Crippen molar-refractivity contribution < 1.29 is 14.4 Å². The van der Waals surface area contributed by atoms with Crippen molar-refractivity contribution in [1.82, 2.24) is 9.88 Å². The number of thiocarbonyl (C=S) groups is 1. The lowest BCUT2D eigenvalue weighted by Crippen LogP contribution is -2.54. The van der Waals surface area contributed by atoms with Gasteiger partial charge in [-0.05, 0) is 67.5 Å². The molecule has 1 saturated heterocycles. The van der Waals surface area contributed by atoms with Crippen LogP contribution in [0, 0.1) is 13.8 Å². The van der Waals surface area contributed by atoms with Crippen molar-refractivity contribution in [3.8, 4) is 0 Å². The number of hydrogen-bond acceptors (Lipinski definition) is 4. The molecule has 1 aliphatic rings. The van der Waals surface area contributed by atoms with E-state index >= 15 is 0 Å². The maximum Gasteiger partial charge on any atom is 0.270 e. The maximum atomic E-state index is 13.5. The Hall–Kier alpha value is -4.56. The van der Waals surface area contributed by atoms with Crippen LogP contribution in [0.25, 0.3) is 17.0 Å². The number of benzene rings is 3. The lowest BCUT2D eigenvalue weighted by Gasteiger charge is -2.29. The second-order valence-electron chi connectivity index (χ2n) is 8.89. The van der Waals surface area contributed by atoms with Gasteiger partial charge in [0, 0.05) is 28.4 Å². The molecule has 4 aromatic rings. The standard InChI is InChI=1S/C29H24N4O3S/c1-18-8-7-10-21(14-18)30-26(34)17-32-16-20(22-11-4-6-13-25(22)32)15-23-27(35)31-29(37)33(28(23)36)24-12-5-3-9-19(24)2/h3-16H,17H2,1-2H3,(H,30,34)(H,31,35,37)/b23-15+. The second kappa shape index (κ2) is 9.83. The highest BCUT2D eigenvalue weighted by Crippen LogP contribution is 2.28. The number of para-hydroxylation sites is 2. The summed E-state index contributed by atoms with van der Waals surface area (Å²) in [4.78, 5) is 40.5. The zero-order chi connectivity index (χ0) is 26.1. The van der Waals surface area contributed by atoms with E-state index in [1.165, 1.54) is 4.90 Å². The van der Waals surface area contributed by atoms with Crippen LogP contribution in [0.5, 0.6) is 0 Å². The van der Waals surface area contributed by atoms with Crippen molar-refractivity contribution in [3.63, 3.8) is 0 Å². The van der Waals surface area contributed by atoms with Gasteiger partial charge in [0.25, 0.3) is 11.8 Å². The number of hydrogen-bond donors (Lipinski definition) is 2. The van der Waals surface area contributed by atoms with E-state index in [2.05, 4.69) is 10.6 Å². The van der Waals surface area contributed by atoms with Crippen molar-refractivity contribution in [2.45, 2.75) is 20.4 Å². The Balaban J connectivity index is 1.49. The highest BCUT2D eigenvalue weighted by atomic mass is 32.1. The van der Waals surface area contributed by atoms with Gasteiger partial charge >= 0.3 is 0 Å². The van der Waals surface area contributed by atoms with E-state index in [1.807, 2.05) is 85.1 Å². The molecule has 1 aliphatic heterocycles. The molecule has 2 heterocycles. The molecule has 0 spiro atoms. The lowest BCUT2D eigenvalue weighted by molar-refractivity contribution is -0.122. The van der Waals surface area contributed by atoms with Gasteiger partial charge in [0.15, 0.2) is 5.11 Å². The van der Waals surface area contributed by atoms with E-state index in [1.54, 1.807) is 18.3 Å². The summed E-state index contributed by atoms with van der Waals surface area (Å²) in [6, 6.07) is 22.5. The molecule has 3 amide bonds. The molecular formula is C29H24N4O3S. The van der Waals surface area contributed by atoms with Gasteiger partial charge in [-0.15, -0.1) is 0 Å². The summed E-state index contributed by atoms with van der Waals surface area (Å²) >= 11 is 5.33. The van der Waals surface area contributed by atoms with Crippen LogP contribution in [-0.2, 0) is 20.9 Å². The first-order valence-corrected chi connectivity index (χ1v) is 12.1. The van der Waals surface area contributed by atoms with Crippen LogP contribution < -0.4 is 15.5 Å². The van der Waals surface area contributed by atoms with Crippen LogP contribution in [0.3, 0.4) is 0 Å². The summed E-state index contributed by atoms with van der Waals surface area (Å²) in [6.45, 7) is 3.90. The lowest BCUT2D eigenvalue weighted by atomic mass is 10.1. The normalized spacial score (nSPS) is 14.8. The van der Waals surface area contributed by atoms with Crippen LogP contribution in [0.2, 0.25) is 0 Å². The van der Waals surface area contributed by atoms with Gasteiger partial charge < -0.3 is 9.88 Å². The zero-order valence-electron chi connectivity index (χ0n) is 20.3. The zero-order valence-corrected chi connectivity index (χ0v) is 21.1. The average Bonchev–Trinajstić information content (AvgIpc) is 3.20. The molecule has 5 rings (SSSR count). The Morgan fingerprint density at radius 3 is 2.54 bits per heavy atom. The Labute approximate surface area is 219 Å². The monoisotopic (exact) mass is 508 g/mol. The number of nitrogens with one attached hydrogen (secondary N) is 2. The molecule has 7 nitrogen and oxygen atoms in total. The highest BCUT2D eigenvalue weighted by Gasteiger charge is 2.35. The number of rotatable bonds is 5. The summed E-state index contributed by atoms with van der Waals surface area (Å²) in [7, 11) is 0. The van der Waals surface area contributed by atoms with Gasteiger partial charge in [-0.3, -0.25) is 24.6 Å². The summed E-state index contributed by atoms with van der Waals surface area (Å²) < 4.78 is 1.81. The van der Waals surface area contributed by atoms with Crippen molar-refractivity contribution in [2.24, 2.45) is 0 Å². The van der Waals surface area contributed by atoms with Gasteiger partial charge in [-0.2, -0.15) is 0 Å². The first kappa shape index (κ1) is 24.1. The van der Waals surface area contributed by atoms with Gasteiger partial charge in [0.05, 0.1) is 5.69 Å². The maximum absolute atomic E-state index is 13.5. The molecule has 0 saturated carbocycles. The molecule has 0 bridgehead atoms. The number of amides is 3. The number of aromatic nitrogens is 1. The van der Waals surface area contributed by atoms with Crippen LogP contribution in [0.4, 0.5) is 11.4 Å². The van der Waals surface area contributed by atoms with E-state index in [-0.39, 0.29) is 23.1 Å². The van der Waals surface area contributed by atoms with Crippen molar-refractivity contribution in [1.29, 1.82) is 0 Å². The molecule has 0 atom stereocenters. The molecule has 0 aliphatic carbocycles. The fourth-order valence-corrected chi connectivity index (χ4v) is 4.72. The third-order valence-corrected chi connectivity index (χ3v) is 6.48. The minimum Gasteiger partial charge on any atom is -0.337 e. The van der Waals surface area contributed by atoms with Crippen molar-refractivity contribution in [3.05, 3.63) is 101 Å². The quantitative estimate of drug-likeness (QED) is 0.232. The smallest absolute Gasteiger partial charge is 0.270 e. The number of anilines is 2. The van der Waals surface area contributed by atoms with Crippen LogP contribution >= 0.6 is 12.2 Å². The molecule has 184 valence electrons. The topological polar surface area (TPSA) is 83.4 Å². The Kier molecular flexibility index (Phi) is 6.42. The van der Waals surface area contributed by atoms with Gasteiger partial charge in [-0.1, -0.05) is 48.5 Å². The number of carbonyl (C=O) groups is 3. The molecule has 3 aromatic carbocycles. The summed E-state index contributed by atoms with van der Waals surface area (Å²) in [5, 5.41) is 6.41. The van der Waals surface area contributed by atoms with Crippen molar-refractivity contribution in [2.75, 3.05) is 10.2 Å². The Morgan fingerprint density at radius 2 is 1.76 bits per heavy atom. The Bertz CT molecular complexity index is 1620. The first-order chi connectivity index (χ1) is 17.8. The predicted molar refractivity (Wildman–Crippen MR) is 149 cm³/mol. The van der Waals surface area contributed by atoms with Gasteiger partial charge in [-0.25, -0.2) is 0 Å². The minimum atomic E-state index is -0.561. The fraction of sp³-hybridized carbons (Fsp3) is 0.103. The average molecular weight is 509 g/mol. The number of fused-ring (bicyclic) bond motifs is 1. The molecule has 1 fully saturated rings. The van der Waals surface area contributed by atoms with E-state index in [4.69, 9.17) is 12.2 Å². The molecule has 2 N–H and O–H groups in total. The van der Waals surface area contributed by atoms with Crippen LogP contribution in [0.15, 0.2) is 84.6 Å². The molecular weight excluding hydrogens is 484 g/mol. The molecule has 8 heteroatoms. The number of aryl methyl sites for hydroxylation is 2. The van der Waals surface area contributed by atoms with Crippen LogP contribution in [0.1, 0.15) is 16.7 Å². The third-order valence-electron chi connectivity index (χ3n) is 6.19. The number of carbonyl (C=O) groups excluding carboxylic acids is 3. The van der Waals surface area contributed by atoms with Crippen molar-refractivity contribution >= 4 is 63.4 Å². The van der Waals surface area contributed by atoms with Gasteiger partial charge in [0.2, 0.25) is 5.91 Å². The van der Waals surface area contributed by atoms with E-state index in [9.17, 15) is 14.4 Å². The predicted octanol–water partition coefficient (Wildman–Crippen LogP) is 4.73. The van der Waals surface area contributed by atoms with E-state index in [0.717, 1.165) is 27.7 Å². The third kappa shape index (κ3) is 4.79. The second-order valence-corrected chi connectivity index (χ2v) is 9.28. The number of nitrogens with zero attached hydrogens (tertiary/aromatic N) is 2. The molecule has 37 heavy (non-hydrogen) atoms. The summed E-state index contributed by atoms with van der Waals surface area (Å²) in [6.07, 6.45) is 3.33. The molecule has 1 aromatic heterocycles. The van der Waals surface area contributed by atoms with Gasteiger partial charge in [0.1, 0.15) is 12.1 Å². The molecule has 0 unspecified atom stereocenters.